The average Bonchev–Trinajstić information content (AvgIpc) is 2.32. The first-order chi connectivity index (χ1) is 8.77. The van der Waals surface area contributed by atoms with Crippen LogP contribution in [0.25, 0.3) is 0 Å². The van der Waals surface area contributed by atoms with Crippen LogP contribution in [0.15, 0.2) is 12.1 Å². The molecule has 19 heavy (non-hydrogen) atoms. The normalized spacial score (nSPS) is 13.6. The van der Waals surface area contributed by atoms with Gasteiger partial charge >= 0.3 is 0 Å². The molecule has 0 amide bonds. The van der Waals surface area contributed by atoms with Crippen molar-refractivity contribution in [3.8, 4) is 0 Å². The largest absolute Gasteiger partial charge is 0.314 e. The lowest BCUT2D eigenvalue weighted by atomic mass is 9.83. The molecule has 1 unspecified atom stereocenters. The summed E-state index contributed by atoms with van der Waals surface area (Å²) in [5.74, 6) is -3.59. The summed E-state index contributed by atoms with van der Waals surface area (Å²) in [4.78, 5) is 0. The van der Waals surface area contributed by atoms with Gasteiger partial charge in [0.25, 0.3) is 0 Å². The van der Waals surface area contributed by atoms with E-state index in [1.807, 2.05) is 6.92 Å². The van der Waals surface area contributed by atoms with Crippen molar-refractivity contribution in [1.82, 2.24) is 5.32 Å². The Bertz CT molecular complexity index is 424. The van der Waals surface area contributed by atoms with Crippen LogP contribution in [0.5, 0.6) is 0 Å². The lowest BCUT2D eigenvalue weighted by Crippen LogP contribution is -2.40. The first kappa shape index (κ1) is 16.0. The van der Waals surface area contributed by atoms with E-state index >= 15 is 0 Å². The Morgan fingerprint density at radius 3 is 2.26 bits per heavy atom. The maximum atomic E-state index is 13.6. The second-order valence-corrected chi connectivity index (χ2v) is 5.85. The molecular formula is C15H22F3N. The highest BCUT2D eigenvalue weighted by atomic mass is 19.2. The van der Waals surface area contributed by atoms with Crippen LogP contribution in [-0.2, 0) is 6.42 Å². The van der Waals surface area contributed by atoms with Crippen LogP contribution in [0, 0.1) is 22.9 Å². The van der Waals surface area contributed by atoms with Gasteiger partial charge in [0.05, 0.1) is 0 Å². The van der Waals surface area contributed by atoms with E-state index in [9.17, 15) is 13.2 Å². The zero-order chi connectivity index (χ0) is 14.6. The Labute approximate surface area is 113 Å². The molecule has 1 aromatic carbocycles. The standard InChI is InChI=1S/C15H22F3N/c1-5-19-12(15(2,3)4)9-7-10-6-8-11(16)14(18)13(10)17/h6,8,12,19H,5,7,9H2,1-4H3. The summed E-state index contributed by atoms with van der Waals surface area (Å²) in [7, 11) is 0. The predicted octanol–water partition coefficient (Wildman–Crippen LogP) is 4.06. The maximum Gasteiger partial charge on any atom is 0.194 e. The van der Waals surface area contributed by atoms with Crippen molar-refractivity contribution in [3.05, 3.63) is 35.1 Å². The first-order valence-corrected chi connectivity index (χ1v) is 6.63. The second kappa shape index (κ2) is 6.42. The Morgan fingerprint density at radius 2 is 1.74 bits per heavy atom. The highest BCUT2D eigenvalue weighted by Crippen LogP contribution is 2.24. The summed E-state index contributed by atoms with van der Waals surface area (Å²) < 4.78 is 39.5. The molecule has 0 bridgehead atoms. The van der Waals surface area contributed by atoms with Gasteiger partial charge in [0.15, 0.2) is 17.5 Å². The lowest BCUT2D eigenvalue weighted by molar-refractivity contribution is 0.257. The van der Waals surface area contributed by atoms with Gasteiger partial charge in [-0.3, -0.25) is 0 Å². The van der Waals surface area contributed by atoms with Crippen LogP contribution in [0.4, 0.5) is 13.2 Å². The van der Waals surface area contributed by atoms with Crippen molar-refractivity contribution in [3.63, 3.8) is 0 Å². The van der Waals surface area contributed by atoms with Crippen LogP contribution in [0.1, 0.15) is 39.7 Å². The van der Waals surface area contributed by atoms with E-state index in [2.05, 4.69) is 26.1 Å². The molecule has 0 aliphatic carbocycles. The van der Waals surface area contributed by atoms with Crippen LogP contribution in [-0.4, -0.2) is 12.6 Å². The Morgan fingerprint density at radius 1 is 1.11 bits per heavy atom. The number of halogens is 3. The van der Waals surface area contributed by atoms with Gasteiger partial charge in [-0.15, -0.1) is 0 Å². The van der Waals surface area contributed by atoms with E-state index in [0.717, 1.165) is 12.6 Å². The third-order valence-electron chi connectivity index (χ3n) is 3.31. The fourth-order valence-electron chi connectivity index (χ4n) is 2.15. The zero-order valence-corrected chi connectivity index (χ0v) is 12.0. The van der Waals surface area contributed by atoms with Gasteiger partial charge in [0, 0.05) is 6.04 Å². The van der Waals surface area contributed by atoms with Crippen molar-refractivity contribution >= 4 is 0 Å². The van der Waals surface area contributed by atoms with E-state index in [-0.39, 0.29) is 17.0 Å². The number of aryl methyl sites for hydroxylation is 1. The van der Waals surface area contributed by atoms with Crippen molar-refractivity contribution in [2.24, 2.45) is 5.41 Å². The van der Waals surface area contributed by atoms with Gasteiger partial charge in [0.2, 0.25) is 0 Å². The molecule has 1 aromatic rings. The molecule has 0 aromatic heterocycles. The molecule has 0 aliphatic heterocycles. The van der Waals surface area contributed by atoms with E-state index in [1.54, 1.807) is 0 Å². The summed E-state index contributed by atoms with van der Waals surface area (Å²) >= 11 is 0. The topological polar surface area (TPSA) is 12.0 Å². The van der Waals surface area contributed by atoms with E-state index in [0.29, 0.717) is 12.8 Å². The van der Waals surface area contributed by atoms with E-state index in [4.69, 9.17) is 0 Å². The molecule has 0 aliphatic rings. The Kier molecular flexibility index (Phi) is 5.41. The average molecular weight is 273 g/mol. The number of rotatable bonds is 5. The van der Waals surface area contributed by atoms with Crippen molar-refractivity contribution < 1.29 is 13.2 Å². The summed E-state index contributed by atoms with van der Waals surface area (Å²) in [6.45, 7) is 9.13. The molecule has 1 rings (SSSR count). The quantitative estimate of drug-likeness (QED) is 0.798. The first-order valence-electron chi connectivity index (χ1n) is 6.63. The molecule has 0 saturated carbocycles. The molecule has 1 N–H and O–H groups in total. The SMILES string of the molecule is CCNC(CCc1ccc(F)c(F)c1F)C(C)(C)C. The predicted molar refractivity (Wildman–Crippen MR) is 71.6 cm³/mol. The molecule has 4 heteroatoms. The molecule has 1 nitrogen and oxygen atoms in total. The van der Waals surface area contributed by atoms with Crippen molar-refractivity contribution in [2.45, 2.75) is 46.6 Å². The fraction of sp³-hybridized carbons (Fsp3) is 0.600. The van der Waals surface area contributed by atoms with Crippen LogP contribution in [0.2, 0.25) is 0 Å². The van der Waals surface area contributed by atoms with Gasteiger partial charge in [-0.05, 0) is 36.4 Å². The van der Waals surface area contributed by atoms with Gasteiger partial charge in [-0.1, -0.05) is 33.8 Å². The molecule has 0 saturated heterocycles. The number of hydrogen-bond acceptors (Lipinski definition) is 1. The van der Waals surface area contributed by atoms with Crippen molar-refractivity contribution in [2.75, 3.05) is 6.54 Å². The molecule has 108 valence electrons. The highest BCUT2D eigenvalue weighted by molar-refractivity contribution is 5.20. The van der Waals surface area contributed by atoms with Crippen molar-refractivity contribution in [1.29, 1.82) is 0 Å². The zero-order valence-electron chi connectivity index (χ0n) is 12.0. The minimum absolute atomic E-state index is 0.0328. The molecule has 0 heterocycles. The summed E-state index contributed by atoms with van der Waals surface area (Å²) in [6.07, 6.45) is 1.07. The monoisotopic (exact) mass is 273 g/mol. The van der Waals surface area contributed by atoms with Crippen LogP contribution >= 0.6 is 0 Å². The summed E-state index contributed by atoms with van der Waals surface area (Å²) in [5, 5.41) is 3.35. The fourth-order valence-corrected chi connectivity index (χ4v) is 2.15. The Balaban J connectivity index is 2.78. The van der Waals surface area contributed by atoms with Crippen LogP contribution < -0.4 is 5.32 Å². The maximum absolute atomic E-state index is 13.6. The summed E-state index contributed by atoms with van der Waals surface area (Å²) in [6, 6.07) is 2.50. The second-order valence-electron chi connectivity index (χ2n) is 5.85. The smallest absolute Gasteiger partial charge is 0.194 e. The minimum Gasteiger partial charge on any atom is -0.314 e. The highest BCUT2D eigenvalue weighted by Gasteiger charge is 2.24. The minimum atomic E-state index is -1.38. The summed E-state index contributed by atoms with van der Waals surface area (Å²) in [5.41, 5.74) is 0.261. The number of benzene rings is 1. The third kappa shape index (κ3) is 4.23. The third-order valence-corrected chi connectivity index (χ3v) is 3.31. The van der Waals surface area contributed by atoms with Gasteiger partial charge in [0.1, 0.15) is 0 Å². The molecule has 1 atom stereocenters. The molecule has 0 spiro atoms. The van der Waals surface area contributed by atoms with E-state index < -0.39 is 17.5 Å². The molecule has 0 fully saturated rings. The molecule has 0 radical (unpaired) electrons. The van der Waals surface area contributed by atoms with E-state index in [1.165, 1.54) is 6.07 Å². The number of hydrogen-bond donors (Lipinski definition) is 1. The van der Waals surface area contributed by atoms with Gasteiger partial charge < -0.3 is 5.32 Å². The number of nitrogens with one attached hydrogen (secondary N) is 1. The van der Waals surface area contributed by atoms with Crippen LogP contribution in [0.3, 0.4) is 0 Å². The van der Waals surface area contributed by atoms with Gasteiger partial charge in [-0.2, -0.15) is 0 Å². The Hall–Kier alpha value is -1.03. The van der Waals surface area contributed by atoms with Gasteiger partial charge in [-0.25, -0.2) is 13.2 Å². The molecular weight excluding hydrogens is 251 g/mol. The lowest BCUT2D eigenvalue weighted by Gasteiger charge is -2.31.